The largest absolute Gasteiger partial charge is 0.381 e. The van der Waals surface area contributed by atoms with Gasteiger partial charge in [0.05, 0.1) is 12.2 Å². The van der Waals surface area contributed by atoms with E-state index in [0.29, 0.717) is 5.41 Å². The molecule has 0 aromatic heterocycles. The summed E-state index contributed by atoms with van der Waals surface area (Å²) >= 11 is 4.34. The normalized spacial score (nSPS) is 19.7. The molecule has 0 aromatic rings. The Morgan fingerprint density at radius 2 is 2.00 bits per heavy atom. The first-order valence-electron chi connectivity index (χ1n) is 5.27. The van der Waals surface area contributed by atoms with Crippen molar-refractivity contribution in [1.29, 1.82) is 0 Å². The second kappa shape index (κ2) is 4.86. The van der Waals surface area contributed by atoms with Gasteiger partial charge in [-0.05, 0) is 38.9 Å². The molecule has 0 heterocycles. The Morgan fingerprint density at radius 3 is 2.43 bits per heavy atom. The number of hydrogen-bond acceptors (Lipinski definition) is 3. The van der Waals surface area contributed by atoms with Crippen LogP contribution in [0.3, 0.4) is 0 Å². The maximum Gasteiger partial charge on any atom is 0.0644 e. The molecule has 1 aliphatic rings. The predicted octanol–water partition coefficient (Wildman–Crippen LogP) is 2.53. The van der Waals surface area contributed by atoms with Crippen LogP contribution >= 0.6 is 12.6 Å². The molecule has 1 aliphatic carbocycles. The van der Waals surface area contributed by atoms with Crippen molar-refractivity contribution in [3.8, 4) is 0 Å². The van der Waals surface area contributed by atoms with E-state index in [1.54, 1.807) is 7.11 Å². The zero-order chi connectivity index (χ0) is 10.7. The minimum absolute atomic E-state index is 0.0579. The van der Waals surface area contributed by atoms with Crippen LogP contribution in [0.4, 0.5) is 0 Å². The first-order valence-corrected chi connectivity index (χ1v) is 5.91. The Labute approximate surface area is 92.8 Å². The Hall–Kier alpha value is 0.270. The molecule has 0 unspecified atom stereocenters. The van der Waals surface area contributed by atoms with E-state index in [1.807, 2.05) is 0 Å². The van der Waals surface area contributed by atoms with E-state index in [9.17, 15) is 0 Å². The van der Waals surface area contributed by atoms with Crippen LogP contribution in [0.15, 0.2) is 0 Å². The first-order chi connectivity index (χ1) is 6.54. The third kappa shape index (κ3) is 3.79. The van der Waals surface area contributed by atoms with E-state index >= 15 is 0 Å². The van der Waals surface area contributed by atoms with Crippen LogP contribution in [0.25, 0.3) is 0 Å². The van der Waals surface area contributed by atoms with Crippen molar-refractivity contribution in [2.75, 3.05) is 26.1 Å². The molecule has 0 amide bonds. The lowest BCUT2D eigenvalue weighted by atomic mass is 10.1. The van der Waals surface area contributed by atoms with Crippen molar-refractivity contribution in [2.45, 2.75) is 38.7 Å². The van der Waals surface area contributed by atoms with Crippen molar-refractivity contribution in [1.82, 2.24) is 0 Å². The molecular formula is C11H22O2S. The van der Waals surface area contributed by atoms with Gasteiger partial charge in [-0.1, -0.05) is 0 Å². The summed E-state index contributed by atoms with van der Waals surface area (Å²) < 4.78 is 11.0. The highest BCUT2D eigenvalue weighted by molar-refractivity contribution is 7.80. The van der Waals surface area contributed by atoms with Gasteiger partial charge in [0.2, 0.25) is 0 Å². The second-order valence-electron chi connectivity index (χ2n) is 4.92. The van der Waals surface area contributed by atoms with Gasteiger partial charge in [0.15, 0.2) is 0 Å². The number of rotatable bonds is 7. The fourth-order valence-electron chi connectivity index (χ4n) is 1.23. The number of thiol groups is 1. The molecule has 0 radical (unpaired) electrons. The molecule has 84 valence electrons. The van der Waals surface area contributed by atoms with E-state index in [-0.39, 0.29) is 5.60 Å². The summed E-state index contributed by atoms with van der Waals surface area (Å²) in [5.74, 6) is 0.959. The summed E-state index contributed by atoms with van der Waals surface area (Å²) in [6.07, 6.45) is 3.51. The minimum Gasteiger partial charge on any atom is -0.381 e. The molecule has 0 bridgehead atoms. The average molecular weight is 218 g/mol. The average Bonchev–Trinajstić information content (AvgIpc) is 2.94. The summed E-state index contributed by atoms with van der Waals surface area (Å²) in [5.41, 5.74) is 0.359. The molecule has 1 fully saturated rings. The molecule has 0 N–H and O–H groups in total. The Bertz CT molecular complexity index is 168. The fraction of sp³-hybridized carbons (Fsp3) is 1.00. The lowest BCUT2D eigenvalue weighted by Gasteiger charge is -2.23. The SMILES string of the molecule is COC(C)(C)CCOCC1(CS)CC1. The van der Waals surface area contributed by atoms with Gasteiger partial charge in [0, 0.05) is 19.1 Å². The van der Waals surface area contributed by atoms with Crippen LogP contribution in [0.5, 0.6) is 0 Å². The topological polar surface area (TPSA) is 18.5 Å². The second-order valence-corrected chi connectivity index (χ2v) is 5.24. The quantitative estimate of drug-likeness (QED) is 0.523. The molecule has 0 aliphatic heterocycles. The molecule has 0 aromatic carbocycles. The summed E-state index contributed by atoms with van der Waals surface area (Å²) in [6, 6.07) is 0. The molecule has 0 atom stereocenters. The van der Waals surface area contributed by atoms with Crippen LogP contribution in [-0.4, -0.2) is 31.7 Å². The highest BCUT2D eigenvalue weighted by Gasteiger charge is 2.41. The lowest BCUT2D eigenvalue weighted by Crippen LogP contribution is -2.25. The minimum atomic E-state index is -0.0579. The van der Waals surface area contributed by atoms with Crippen molar-refractivity contribution in [2.24, 2.45) is 5.41 Å². The van der Waals surface area contributed by atoms with Gasteiger partial charge >= 0.3 is 0 Å². The summed E-state index contributed by atoms with van der Waals surface area (Å²) in [5, 5.41) is 0. The molecule has 1 rings (SSSR count). The Kier molecular flexibility index (Phi) is 4.29. The molecule has 2 nitrogen and oxygen atoms in total. The van der Waals surface area contributed by atoms with E-state index in [0.717, 1.165) is 25.4 Å². The zero-order valence-electron chi connectivity index (χ0n) is 9.51. The lowest BCUT2D eigenvalue weighted by molar-refractivity contribution is -0.0147. The molecule has 14 heavy (non-hydrogen) atoms. The monoisotopic (exact) mass is 218 g/mol. The van der Waals surface area contributed by atoms with Crippen molar-refractivity contribution < 1.29 is 9.47 Å². The van der Waals surface area contributed by atoms with E-state index < -0.39 is 0 Å². The van der Waals surface area contributed by atoms with Gasteiger partial charge in [-0.2, -0.15) is 12.6 Å². The van der Waals surface area contributed by atoms with E-state index in [4.69, 9.17) is 9.47 Å². The van der Waals surface area contributed by atoms with Crippen LogP contribution in [0.2, 0.25) is 0 Å². The van der Waals surface area contributed by atoms with Crippen LogP contribution in [-0.2, 0) is 9.47 Å². The summed E-state index contributed by atoms with van der Waals surface area (Å²) in [4.78, 5) is 0. The molecule has 0 spiro atoms. The third-order valence-corrected chi connectivity index (χ3v) is 3.77. The predicted molar refractivity (Wildman–Crippen MR) is 62.0 cm³/mol. The fourth-order valence-corrected chi connectivity index (χ4v) is 1.64. The highest BCUT2D eigenvalue weighted by Crippen LogP contribution is 2.46. The van der Waals surface area contributed by atoms with Crippen LogP contribution < -0.4 is 0 Å². The highest BCUT2D eigenvalue weighted by atomic mass is 32.1. The molecule has 3 heteroatoms. The Morgan fingerprint density at radius 1 is 1.36 bits per heavy atom. The van der Waals surface area contributed by atoms with Gasteiger partial charge in [-0.15, -0.1) is 0 Å². The third-order valence-electron chi connectivity index (χ3n) is 3.10. The van der Waals surface area contributed by atoms with Crippen molar-refractivity contribution >= 4 is 12.6 Å². The van der Waals surface area contributed by atoms with E-state index in [2.05, 4.69) is 26.5 Å². The van der Waals surface area contributed by atoms with Gasteiger partial charge in [0.1, 0.15) is 0 Å². The number of hydrogen-bond donors (Lipinski definition) is 1. The van der Waals surface area contributed by atoms with Gasteiger partial charge in [0.25, 0.3) is 0 Å². The summed E-state index contributed by atoms with van der Waals surface area (Å²) in [6.45, 7) is 5.83. The maximum atomic E-state index is 5.66. The standard InChI is InChI=1S/C11H22O2S/c1-10(2,12-3)6-7-13-8-11(9-14)4-5-11/h14H,4-9H2,1-3H3. The van der Waals surface area contributed by atoms with Crippen molar-refractivity contribution in [3.63, 3.8) is 0 Å². The number of methoxy groups -OCH3 is 1. The summed E-state index contributed by atoms with van der Waals surface area (Å²) in [7, 11) is 1.75. The van der Waals surface area contributed by atoms with Gasteiger partial charge in [-0.3, -0.25) is 0 Å². The maximum absolute atomic E-state index is 5.66. The van der Waals surface area contributed by atoms with Gasteiger partial charge < -0.3 is 9.47 Å². The van der Waals surface area contributed by atoms with Gasteiger partial charge in [-0.25, -0.2) is 0 Å². The molecule has 0 saturated heterocycles. The number of ether oxygens (including phenoxy) is 2. The van der Waals surface area contributed by atoms with Crippen LogP contribution in [0.1, 0.15) is 33.1 Å². The Balaban J connectivity index is 2.05. The molecular weight excluding hydrogens is 196 g/mol. The smallest absolute Gasteiger partial charge is 0.0644 e. The van der Waals surface area contributed by atoms with E-state index in [1.165, 1.54) is 12.8 Å². The first kappa shape index (κ1) is 12.3. The van der Waals surface area contributed by atoms with Crippen molar-refractivity contribution in [3.05, 3.63) is 0 Å². The molecule has 1 saturated carbocycles. The van der Waals surface area contributed by atoms with Crippen LogP contribution in [0, 0.1) is 5.41 Å². The zero-order valence-corrected chi connectivity index (χ0v) is 10.4.